The van der Waals surface area contributed by atoms with Gasteiger partial charge < -0.3 is 5.32 Å². The molecule has 0 aromatic heterocycles. The second-order valence-corrected chi connectivity index (χ2v) is 9.85. The molecule has 6 nitrogen and oxygen atoms in total. The van der Waals surface area contributed by atoms with Crippen molar-refractivity contribution in [2.75, 3.05) is 6.54 Å². The number of carbonyl (C=O) groups excluding carboxylic acids is 1. The van der Waals surface area contributed by atoms with Crippen molar-refractivity contribution in [1.29, 1.82) is 5.26 Å². The Hall–Kier alpha value is -1.16. The first kappa shape index (κ1) is 20.1. The summed E-state index contributed by atoms with van der Waals surface area (Å²) in [5, 5.41) is 18.4. The Bertz CT molecular complexity index is 596. The molecule has 4 aliphatic rings. The monoisotopic (exact) mass is 387 g/mol. The van der Waals surface area contributed by atoms with Gasteiger partial charge in [-0.1, -0.05) is 12.8 Å². The lowest BCUT2D eigenvalue weighted by molar-refractivity contribution is -0.127. The molecule has 2 aliphatic carbocycles. The van der Waals surface area contributed by atoms with Crippen molar-refractivity contribution in [2.24, 2.45) is 23.7 Å². The van der Waals surface area contributed by atoms with Gasteiger partial charge in [0, 0.05) is 30.6 Å². The van der Waals surface area contributed by atoms with Crippen LogP contribution >= 0.6 is 0 Å². The summed E-state index contributed by atoms with van der Waals surface area (Å²) in [7, 11) is 0. The van der Waals surface area contributed by atoms with Crippen LogP contribution in [0.3, 0.4) is 0 Å². The summed E-state index contributed by atoms with van der Waals surface area (Å²) in [5.41, 5.74) is 3.45. The van der Waals surface area contributed by atoms with Crippen LogP contribution in [-0.2, 0) is 4.79 Å². The fraction of sp³-hybridized carbons (Fsp3) is 0.909. The molecule has 3 N–H and O–H groups in total. The number of nitrogens with one attached hydrogen (secondary N) is 3. The van der Waals surface area contributed by atoms with Gasteiger partial charge in [-0.15, -0.1) is 0 Å². The van der Waals surface area contributed by atoms with E-state index in [1.165, 1.54) is 25.7 Å². The molecular weight excluding hydrogens is 350 g/mol. The zero-order valence-corrected chi connectivity index (χ0v) is 17.5. The van der Waals surface area contributed by atoms with Gasteiger partial charge in [-0.2, -0.15) is 5.26 Å². The smallest absolute Gasteiger partial charge is 0.227 e. The molecule has 2 heterocycles. The molecule has 0 radical (unpaired) electrons. The van der Waals surface area contributed by atoms with Gasteiger partial charge in [0.05, 0.1) is 18.2 Å². The topological polar surface area (TPSA) is 80.2 Å². The van der Waals surface area contributed by atoms with E-state index in [9.17, 15) is 4.79 Å². The normalized spacial score (nSPS) is 44.5. The van der Waals surface area contributed by atoms with Crippen LogP contribution in [-0.4, -0.2) is 41.8 Å². The number of amides is 1. The van der Waals surface area contributed by atoms with E-state index >= 15 is 0 Å². The zero-order valence-electron chi connectivity index (χ0n) is 17.5. The summed E-state index contributed by atoms with van der Waals surface area (Å²) in [4.78, 5) is 13.1. The Morgan fingerprint density at radius 1 is 1.07 bits per heavy atom. The van der Waals surface area contributed by atoms with Crippen molar-refractivity contribution in [3.63, 3.8) is 0 Å². The Balaban J connectivity index is 1.30. The first-order chi connectivity index (χ1) is 13.5. The highest BCUT2D eigenvalue weighted by Gasteiger charge is 2.44. The van der Waals surface area contributed by atoms with Gasteiger partial charge in [-0.05, 0) is 70.6 Å². The Labute approximate surface area is 169 Å². The Kier molecular flexibility index (Phi) is 6.24. The first-order valence-corrected chi connectivity index (χ1v) is 11.5. The van der Waals surface area contributed by atoms with Crippen molar-refractivity contribution >= 4 is 5.91 Å². The SMILES string of the molecule is CC1CC(C)N2NCC(C(=O)NC3CCCC(C4CCC(C#N)CC4)C3)C2N1. The lowest BCUT2D eigenvalue weighted by Crippen LogP contribution is -2.61. The molecule has 28 heavy (non-hydrogen) atoms. The van der Waals surface area contributed by atoms with E-state index in [2.05, 4.69) is 41.0 Å². The van der Waals surface area contributed by atoms with Gasteiger partial charge in [-0.3, -0.25) is 15.5 Å². The maximum atomic E-state index is 13.1. The number of fused-ring (bicyclic) bond motifs is 1. The van der Waals surface area contributed by atoms with Crippen molar-refractivity contribution < 1.29 is 4.79 Å². The van der Waals surface area contributed by atoms with Crippen molar-refractivity contribution in [3.8, 4) is 6.07 Å². The van der Waals surface area contributed by atoms with Crippen LogP contribution in [0.4, 0.5) is 0 Å². The minimum Gasteiger partial charge on any atom is -0.353 e. The van der Waals surface area contributed by atoms with Crippen LogP contribution in [0.2, 0.25) is 0 Å². The van der Waals surface area contributed by atoms with Gasteiger partial charge in [-0.25, -0.2) is 5.01 Å². The zero-order chi connectivity index (χ0) is 19.7. The molecule has 0 aromatic carbocycles. The third kappa shape index (κ3) is 4.22. The summed E-state index contributed by atoms with van der Waals surface area (Å²) in [6, 6.07) is 3.69. The maximum absolute atomic E-state index is 13.1. The summed E-state index contributed by atoms with van der Waals surface area (Å²) in [5.74, 6) is 1.96. The number of hydrazine groups is 1. The van der Waals surface area contributed by atoms with Crippen LogP contribution in [0.1, 0.15) is 71.6 Å². The fourth-order valence-electron chi connectivity index (χ4n) is 6.27. The van der Waals surface area contributed by atoms with Crippen LogP contribution < -0.4 is 16.1 Å². The third-order valence-corrected chi connectivity index (χ3v) is 7.82. The van der Waals surface area contributed by atoms with Crippen molar-refractivity contribution in [2.45, 2.75) is 95.9 Å². The molecule has 0 aromatic rings. The first-order valence-electron chi connectivity index (χ1n) is 11.5. The summed E-state index contributed by atoms with van der Waals surface area (Å²) in [6.45, 7) is 5.19. The molecule has 0 spiro atoms. The number of hydrogen-bond acceptors (Lipinski definition) is 5. The van der Waals surface area contributed by atoms with E-state index < -0.39 is 0 Å². The highest BCUT2D eigenvalue weighted by atomic mass is 16.2. The number of rotatable bonds is 3. The number of nitriles is 1. The molecule has 4 fully saturated rings. The molecule has 2 aliphatic heterocycles. The number of carbonyl (C=O) groups is 1. The Morgan fingerprint density at radius 3 is 2.61 bits per heavy atom. The molecule has 6 atom stereocenters. The molecule has 156 valence electrons. The van der Waals surface area contributed by atoms with E-state index in [-0.39, 0.29) is 23.9 Å². The minimum atomic E-state index is -0.0170. The molecule has 4 rings (SSSR count). The minimum absolute atomic E-state index is 0.0170. The molecule has 6 heteroatoms. The molecule has 1 amide bonds. The predicted octanol–water partition coefficient (Wildman–Crippen LogP) is 2.52. The lowest BCUT2D eigenvalue weighted by atomic mass is 9.70. The highest BCUT2D eigenvalue weighted by molar-refractivity contribution is 5.80. The maximum Gasteiger partial charge on any atom is 0.227 e. The lowest BCUT2D eigenvalue weighted by Gasteiger charge is -2.41. The average molecular weight is 388 g/mol. The molecule has 0 bridgehead atoms. The van der Waals surface area contributed by atoms with Crippen LogP contribution in [0, 0.1) is 35.0 Å². The molecular formula is C22H37N5O. The van der Waals surface area contributed by atoms with E-state index in [1.807, 2.05) is 0 Å². The van der Waals surface area contributed by atoms with E-state index in [1.54, 1.807) is 0 Å². The predicted molar refractivity (Wildman–Crippen MR) is 109 cm³/mol. The third-order valence-electron chi connectivity index (χ3n) is 7.82. The second kappa shape index (κ2) is 8.69. The standard InChI is InChI=1S/C22H37N5O/c1-14-10-15(2)27-21(25-14)20(13-24-27)22(28)26-19-5-3-4-18(11-19)17-8-6-16(12-23)7-9-17/h14-21,24-25H,3-11,13H2,1-2H3,(H,26,28). The summed E-state index contributed by atoms with van der Waals surface area (Å²) >= 11 is 0. The molecule has 2 saturated carbocycles. The van der Waals surface area contributed by atoms with Crippen LogP contribution in [0.15, 0.2) is 0 Å². The van der Waals surface area contributed by atoms with Gasteiger partial charge in [0.15, 0.2) is 0 Å². The average Bonchev–Trinajstić information content (AvgIpc) is 3.12. The van der Waals surface area contributed by atoms with Crippen LogP contribution in [0.5, 0.6) is 0 Å². The van der Waals surface area contributed by atoms with Gasteiger partial charge in [0.1, 0.15) is 0 Å². The molecule has 2 saturated heterocycles. The van der Waals surface area contributed by atoms with E-state index in [0.717, 1.165) is 50.5 Å². The van der Waals surface area contributed by atoms with Crippen LogP contribution in [0.25, 0.3) is 0 Å². The van der Waals surface area contributed by atoms with E-state index in [4.69, 9.17) is 5.26 Å². The highest BCUT2D eigenvalue weighted by Crippen LogP contribution is 2.40. The molecule has 6 unspecified atom stereocenters. The summed E-state index contributed by atoms with van der Waals surface area (Å²) < 4.78 is 0. The van der Waals surface area contributed by atoms with E-state index in [0.29, 0.717) is 18.1 Å². The van der Waals surface area contributed by atoms with Crippen molar-refractivity contribution in [1.82, 2.24) is 21.1 Å². The fourth-order valence-corrected chi connectivity index (χ4v) is 6.27. The largest absolute Gasteiger partial charge is 0.353 e. The quantitative estimate of drug-likeness (QED) is 0.693. The second-order valence-electron chi connectivity index (χ2n) is 9.85. The van der Waals surface area contributed by atoms with Crippen molar-refractivity contribution in [3.05, 3.63) is 0 Å². The number of nitrogens with zero attached hydrogens (tertiary/aromatic N) is 2. The summed E-state index contributed by atoms with van der Waals surface area (Å²) in [6.07, 6.45) is 10.5. The van der Waals surface area contributed by atoms with Gasteiger partial charge in [0.2, 0.25) is 5.91 Å². The Morgan fingerprint density at radius 2 is 1.86 bits per heavy atom. The number of hydrogen-bond donors (Lipinski definition) is 3. The van der Waals surface area contributed by atoms with Gasteiger partial charge in [0.25, 0.3) is 0 Å². The van der Waals surface area contributed by atoms with Gasteiger partial charge >= 0.3 is 0 Å².